The number of primary sulfonamides is 1. The van der Waals surface area contributed by atoms with Crippen LogP contribution in [0, 0.1) is 5.92 Å². The number of nitrogens with zero attached hydrogens (tertiary/aromatic N) is 1. The van der Waals surface area contributed by atoms with Gasteiger partial charge in [0, 0.05) is 17.8 Å². The highest BCUT2D eigenvalue weighted by atomic mass is 32.2. The Labute approximate surface area is 186 Å². The fourth-order valence-corrected chi connectivity index (χ4v) is 5.46. The van der Waals surface area contributed by atoms with Crippen LogP contribution in [0.3, 0.4) is 0 Å². The molecule has 2 amide bonds. The molecule has 8 nitrogen and oxygen atoms in total. The molecule has 3 N–H and O–H groups in total. The van der Waals surface area contributed by atoms with E-state index in [9.17, 15) is 18.0 Å². The van der Waals surface area contributed by atoms with Gasteiger partial charge in [-0.25, -0.2) is 13.6 Å². The first-order chi connectivity index (χ1) is 14.7. The Balaban J connectivity index is 1.78. The molecule has 1 saturated heterocycles. The van der Waals surface area contributed by atoms with Crippen LogP contribution in [0.5, 0.6) is 5.75 Å². The summed E-state index contributed by atoms with van der Waals surface area (Å²) in [7, 11) is -2.18. The molecule has 168 valence electrons. The highest BCUT2D eigenvalue weighted by Gasteiger charge is 2.44. The quantitative estimate of drug-likeness (QED) is 0.589. The third-order valence-electron chi connectivity index (χ3n) is 5.33. The molecule has 2 unspecified atom stereocenters. The number of methoxy groups -OCH3 is 1. The van der Waals surface area contributed by atoms with Gasteiger partial charge >= 0.3 is 0 Å². The van der Waals surface area contributed by atoms with E-state index in [1.165, 1.54) is 6.07 Å². The smallest absolute Gasteiger partial charge is 0.247 e. The van der Waals surface area contributed by atoms with Gasteiger partial charge in [-0.1, -0.05) is 25.5 Å². The van der Waals surface area contributed by atoms with Gasteiger partial charge in [-0.05, 0) is 36.2 Å². The molecule has 0 bridgehead atoms. The number of carbonyl (C=O) groups excluding carboxylic acids is 2. The van der Waals surface area contributed by atoms with Crippen LogP contribution in [-0.2, 0) is 26.2 Å². The number of hydrogen-bond acceptors (Lipinski definition) is 6. The summed E-state index contributed by atoms with van der Waals surface area (Å²) in [6, 6.07) is 10.1. The number of unbranched alkanes of at least 4 members (excludes halogenated alkanes) is 1. The number of thiophene rings is 1. The first-order valence-corrected chi connectivity index (χ1v) is 12.4. The van der Waals surface area contributed by atoms with Crippen molar-refractivity contribution in [3.8, 4) is 5.75 Å². The van der Waals surface area contributed by atoms with Crippen molar-refractivity contribution < 1.29 is 22.7 Å². The van der Waals surface area contributed by atoms with Crippen LogP contribution in [0.1, 0.15) is 42.7 Å². The maximum Gasteiger partial charge on any atom is 0.247 e. The van der Waals surface area contributed by atoms with Crippen molar-refractivity contribution in [1.82, 2.24) is 10.2 Å². The summed E-state index contributed by atoms with van der Waals surface area (Å²) in [4.78, 5) is 28.2. The largest absolute Gasteiger partial charge is 0.497 e. The Hall–Kier alpha value is -2.43. The molecule has 2 atom stereocenters. The molecule has 0 spiro atoms. The lowest BCUT2D eigenvalue weighted by Crippen LogP contribution is -2.35. The zero-order valence-electron chi connectivity index (χ0n) is 17.5. The zero-order chi connectivity index (χ0) is 22.6. The van der Waals surface area contributed by atoms with E-state index < -0.39 is 15.9 Å². The molecule has 1 aromatic heterocycles. The van der Waals surface area contributed by atoms with Gasteiger partial charge in [-0.2, -0.15) is 0 Å². The molecule has 0 radical (unpaired) electrons. The van der Waals surface area contributed by atoms with Crippen LogP contribution >= 0.6 is 11.3 Å². The molecule has 31 heavy (non-hydrogen) atoms. The topological polar surface area (TPSA) is 119 Å². The molecule has 1 aliphatic rings. The molecule has 1 fully saturated rings. The summed E-state index contributed by atoms with van der Waals surface area (Å²) in [5.41, 5.74) is 0.885. The Morgan fingerprint density at radius 3 is 2.55 bits per heavy atom. The molecule has 0 aliphatic carbocycles. The highest BCUT2D eigenvalue weighted by Crippen LogP contribution is 2.39. The minimum absolute atomic E-state index is 0.0398. The van der Waals surface area contributed by atoms with E-state index in [0.717, 1.165) is 29.7 Å². The number of amides is 2. The fourth-order valence-electron chi connectivity index (χ4n) is 3.74. The third-order valence-corrected chi connectivity index (χ3v) is 7.86. The number of rotatable bonds is 9. The first kappa shape index (κ1) is 23.2. The van der Waals surface area contributed by atoms with Gasteiger partial charge in [0.25, 0.3) is 0 Å². The highest BCUT2D eigenvalue weighted by molar-refractivity contribution is 7.91. The number of hydrogen-bond donors (Lipinski definition) is 2. The lowest BCUT2D eigenvalue weighted by Gasteiger charge is -2.28. The number of likely N-dealkylation sites (tertiary alicyclic amines) is 1. The van der Waals surface area contributed by atoms with Crippen molar-refractivity contribution in [2.45, 2.75) is 43.0 Å². The van der Waals surface area contributed by atoms with Gasteiger partial charge in [0.05, 0.1) is 25.6 Å². The van der Waals surface area contributed by atoms with Crippen molar-refractivity contribution in [1.29, 1.82) is 0 Å². The van der Waals surface area contributed by atoms with E-state index in [-0.39, 0.29) is 35.0 Å². The number of benzene rings is 1. The van der Waals surface area contributed by atoms with Gasteiger partial charge in [-0.15, -0.1) is 11.3 Å². The van der Waals surface area contributed by atoms with E-state index in [0.29, 0.717) is 17.2 Å². The normalized spacial score (nSPS) is 18.9. The third kappa shape index (κ3) is 5.44. The number of nitrogens with one attached hydrogen (secondary N) is 1. The fraction of sp³-hybridized carbons (Fsp3) is 0.429. The second-order valence-electron chi connectivity index (χ2n) is 7.45. The van der Waals surface area contributed by atoms with E-state index in [4.69, 9.17) is 9.88 Å². The van der Waals surface area contributed by atoms with Crippen molar-refractivity contribution in [2.75, 3.05) is 13.7 Å². The maximum atomic E-state index is 13.0. The average molecular weight is 466 g/mol. The van der Waals surface area contributed by atoms with Crippen LogP contribution in [0.2, 0.25) is 0 Å². The van der Waals surface area contributed by atoms with Crippen molar-refractivity contribution >= 4 is 33.2 Å². The van der Waals surface area contributed by atoms with E-state index >= 15 is 0 Å². The monoisotopic (exact) mass is 465 g/mol. The Morgan fingerprint density at radius 1 is 1.26 bits per heavy atom. The molecule has 3 rings (SSSR count). The van der Waals surface area contributed by atoms with Crippen molar-refractivity contribution in [3.05, 3.63) is 46.8 Å². The average Bonchev–Trinajstić information content (AvgIpc) is 3.35. The summed E-state index contributed by atoms with van der Waals surface area (Å²) in [5.74, 6) is -0.103. The second-order valence-corrected chi connectivity index (χ2v) is 10.4. The molecule has 2 heterocycles. The summed E-state index contributed by atoms with van der Waals surface area (Å²) in [6.07, 6.45) is 1.94. The van der Waals surface area contributed by atoms with E-state index in [1.807, 2.05) is 24.3 Å². The van der Waals surface area contributed by atoms with Crippen LogP contribution in [0.15, 0.2) is 40.6 Å². The number of nitrogens with two attached hydrogens (primary N) is 1. The van der Waals surface area contributed by atoms with Gasteiger partial charge in [0.2, 0.25) is 21.8 Å². The molecule has 10 heteroatoms. The predicted molar refractivity (Wildman–Crippen MR) is 118 cm³/mol. The predicted octanol–water partition coefficient (Wildman–Crippen LogP) is 2.41. The Bertz CT molecular complexity index is 1030. The van der Waals surface area contributed by atoms with Gasteiger partial charge in [0.1, 0.15) is 9.96 Å². The minimum Gasteiger partial charge on any atom is -0.497 e. The molecular weight excluding hydrogens is 438 g/mol. The van der Waals surface area contributed by atoms with E-state index in [2.05, 4.69) is 12.2 Å². The van der Waals surface area contributed by atoms with E-state index in [1.54, 1.807) is 18.1 Å². The van der Waals surface area contributed by atoms with Gasteiger partial charge in [0.15, 0.2) is 0 Å². The van der Waals surface area contributed by atoms with Crippen LogP contribution in [-0.4, -0.2) is 38.8 Å². The maximum absolute atomic E-state index is 13.0. The zero-order valence-corrected chi connectivity index (χ0v) is 19.2. The summed E-state index contributed by atoms with van der Waals surface area (Å²) >= 11 is 1.02. The summed E-state index contributed by atoms with van der Waals surface area (Å²) in [5, 5.41) is 8.00. The SMILES string of the molecule is CCCCN1C(=O)CC(C(=O)NCc2ccc(S(N)(=O)=O)s2)C1c1ccc(OC)cc1. The molecule has 1 aliphatic heterocycles. The van der Waals surface area contributed by atoms with Gasteiger partial charge in [-0.3, -0.25) is 9.59 Å². The molecule has 1 aromatic carbocycles. The van der Waals surface area contributed by atoms with Crippen molar-refractivity contribution in [2.24, 2.45) is 11.1 Å². The summed E-state index contributed by atoms with van der Waals surface area (Å²) in [6.45, 7) is 2.83. The minimum atomic E-state index is -3.77. The molecule has 0 saturated carbocycles. The van der Waals surface area contributed by atoms with Crippen LogP contribution < -0.4 is 15.2 Å². The van der Waals surface area contributed by atoms with Crippen molar-refractivity contribution in [3.63, 3.8) is 0 Å². The first-order valence-electron chi connectivity index (χ1n) is 10.1. The Morgan fingerprint density at radius 2 is 1.97 bits per heavy atom. The molecular formula is C21H27N3O5S2. The lowest BCUT2D eigenvalue weighted by atomic mass is 9.92. The standard InChI is InChI=1S/C21H27N3O5S2/c1-3-4-11-24-18(25)12-17(20(24)14-5-7-15(29-2)8-6-14)21(26)23-13-16-9-10-19(30-16)31(22,27)28/h5-10,17,20H,3-4,11-13H2,1-2H3,(H,23,26)(H2,22,27,28). The lowest BCUT2D eigenvalue weighted by molar-refractivity contribution is -0.129. The number of carbonyl (C=O) groups is 2. The number of sulfonamides is 1. The number of ether oxygens (including phenoxy) is 1. The molecule has 2 aromatic rings. The second kappa shape index (κ2) is 9.80. The van der Waals surface area contributed by atoms with Crippen LogP contribution in [0.4, 0.5) is 0 Å². The van der Waals surface area contributed by atoms with Crippen LogP contribution in [0.25, 0.3) is 0 Å². The summed E-state index contributed by atoms with van der Waals surface area (Å²) < 4.78 is 28.2. The Kier molecular flexibility index (Phi) is 7.34. The van der Waals surface area contributed by atoms with Gasteiger partial charge < -0.3 is 15.0 Å².